The van der Waals surface area contributed by atoms with E-state index in [0.717, 1.165) is 5.82 Å². The van der Waals surface area contributed by atoms with Gasteiger partial charge in [-0.25, -0.2) is 13.4 Å². The van der Waals surface area contributed by atoms with Crippen LogP contribution in [0.25, 0.3) is 0 Å². The summed E-state index contributed by atoms with van der Waals surface area (Å²) in [6, 6.07) is 0.645. The zero-order valence-electron chi connectivity index (χ0n) is 10.7. The normalized spacial score (nSPS) is 16.1. The minimum absolute atomic E-state index is 0.209. The molecule has 1 aromatic heterocycles. The molecule has 0 aliphatic heterocycles. The predicted octanol–water partition coefficient (Wildman–Crippen LogP) is 0.355. The van der Waals surface area contributed by atoms with Crippen LogP contribution in [0.5, 0.6) is 0 Å². The molecule has 0 unspecified atom stereocenters. The van der Waals surface area contributed by atoms with Gasteiger partial charge in [-0.15, -0.1) is 0 Å². The van der Waals surface area contributed by atoms with Crippen molar-refractivity contribution in [2.24, 2.45) is 0 Å². The van der Waals surface area contributed by atoms with Gasteiger partial charge in [-0.1, -0.05) is 6.92 Å². The fraction of sp³-hybridized carbons (Fsp3) is 0.818. The molecule has 0 radical (unpaired) electrons. The topological polar surface area (TPSA) is 76.9 Å². The summed E-state index contributed by atoms with van der Waals surface area (Å²) in [4.78, 5) is 4.19. The third-order valence-corrected chi connectivity index (χ3v) is 4.78. The number of aryl methyl sites for hydroxylation is 1. The minimum atomic E-state index is -2.87. The average Bonchev–Trinajstić information content (AvgIpc) is 3.07. The first kappa shape index (κ1) is 13.5. The molecule has 18 heavy (non-hydrogen) atoms. The van der Waals surface area contributed by atoms with Crippen LogP contribution in [-0.4, -0.2) is 40.7 Å². The Morgan fingerprint density at radius 2 is 2.28 bits per heavy atom. The van der Waals surface area contributed by atoms with Crippen LogP contribution in [0.2, 0.25) is 0 Å². The van der Waals surface area contributed by atoms with E-state index in [4.69, 9.17) is 0 Å². The van der Waals surface area contributed by atoms with E-state index < -0.39 is 9.84 Å². The number of rotatable bonds is 8. The molecule has 0 bridgehead atoms. The molecule has 1 aliphatic carbocycles. The van der Waals surface area contributed by atoms with E-state index in [2.05, 4.69) is 15.4 Å². The number of aromatic nitrogens is 3. The van der Waals surface area contributed by atoms with Crippen LogP contribution in [0.1, 0.15) is 32.0 Å². The Hall–Kier alpha value is -0.950. The molecule has 6 nitrogen and oxygen atoms in total. The van der Waals surface area contributed by atoms with Crippen molar-refractivity contribution in [1.82, 2.24) is 20.1 Å². The van der Waals surface area contributed by atoms with E-state index in [0.29, 0.717) is 25.6 Å². The third-order valence-electron chi connectivity index (χ3n) is 2.99. The van der Waals surface area contributed by atoms with Crippen molar-refractivity contribution in [2.75, 3.05) is 11.5 Å². The molecule has 0 saturated heterocycles. The summed E-state index contributed by atoms with van der Waals surface area (Å²) in [5.41, 5.74) is 0. The van der Waals surface area contributed by atoms with Gasteiger partial charge in [0, 0.05) is 18.3 Å². The molecule has 7 heteroatoms. The molecule has 1 fully saturated rings. The molecule has 0 aromatic carbocycles. The van der Waals surface area contributed by atoms with Gasteiger partial charge in [-0.05, 0) is 19.3 Å². The molecule has 2 rings (SSSR count). The van der Waals surface area contributed by atoms with Gasteiger partial charge in [0.25, 0.3) is 0 Å². The standard InChI is InChI=1S/C11H20N4O2S/c1-2-18(16,17)7-3-6-15-9-13-11(14-15)8-12-10-4-5-10/h9-10,12H,2-8H2,1H3. The lowest BCUT2D eigenvalue weighted by Crippen LogP contribution is -2.16. The first-order valence-corrected chi connectivity index (χ1v) is 8.23. The maximum Gasteiger partial charge on any atom is 0.164 e. The minimum Gasteiger partial charge on any atom is -0.307 e. The second kappa shape index (κ2) is 5.79. The Morgan fingerprint density at radius 1 is 1.50 bits per heavy atom. The van der Waals surface area contributed by atoms with E-state index in [9.17, 15) is 8.42 Å². The summed E-state index contributed by atoms with van der Waals surface area (Å²) in [5.74, 6) is 1.21. The second-order valence-corrected chi connectivity index (χ2v) is 7.14. The van der Waals surface area contributed by atoms with Crippen molar-refractivity contribution in [3.05, 3.63) is 12.2 Å². The largest absolute Gasteiger partial charge is 0.307 e. The van der Waals surface area contributed by atoms with Crippen molar-refractivity contribution in [3.8, 4) is 0 Å². The Balaban J connectivity index is 1.72. The Morgan fingerprint density at radius 3 is 2.94 bits per heavy atom. The van der Waals surface area contributed by atoms with Crippen molar-refractivity contribution in [1.29, 1.82) is 0 Å². The van der Waals surface area contributed by atoms with Gasteiger partial charge in [0.15, 0.2) is 5.82 Å². The van der Waals surface area contributed by atoms with Gasteiger partial charge >= 0.3 is 0 Å². The lowest BCUT2D eigenvalue weighted by molar-refractivity contribution is 0.565. The van der Waals surface area contributed by atoms with E-state index >= 15 is 0 Å². The fourth-order valence-corrected chi connectivity index (χ4v) is 2.49. The zero-order chi connectivity index (χ0) is 13.0. The molecule has 1 N–H and O–H groups in total. The number of hydrogen-bond acceptors (Lipinski definition) is 5. The van der Waals surface area contributed by atoms with Gasteiger partial charge in [-0.3, -0.25) is 4.68 Å². The Bertz CT molecular complexity index is 479. The summed E-state index contributed by atoms with van der Waals surface area (Å²) in [7, 11) is -2.87. The lowest BCUT2D eigenvalue weighted by Gasteiger charge is -2.01. The summed E-state index contributed by atoms with van der Waals surface area (Å²) in [6.07, 6.45) is 4.75. The summed E-state index contributed by atoms with van der Waals surface area (Å²) in [6.45, 7) is 2.98. The number of nitrogens with zero attached hydrogens (tertiary/aromatic N) is 3. The molecule has 1 heterocycles. The van der Waals surface area contributed by atoms with Crippen LogP contribution in [0.4, 0.5) is 0 Å². The van der Waals surface area contributed by atoms with E-state index in [-0.39, 0.29) is 11.5 Å². The molecule has 0 spiro atoms. The van der Waals surface area contributed by atoms with Gasteiger partial charge in [-0.2, -0.15) is 5.10 Å². The number of sulfone groups is 1. The molecule has 1 aromatic rings. The second-order valence-electron chi connectivity index (χ2n) is 4.67. The average molecular weight is 272 g/mol. The number of hydrogen-bond donors (Lipinski definition) is 1. The van der Waals surface area contributed by atoms with E-state index in [1.54, 1.807) is 17.9 Å². The maximum atomic E-state index is 11.3. The van der Waals surface area contributed by atoms with Gasteiger partial charge in [0.05, 0.1) is 12.3 Å². The molecule has 1 saturated carbocycles. The van der Waals surface area contributed by atoms with Gasteiger partial charge < -0.3 is 5.32 Å². The van der Waals surface area contributed by atoms with E-state index in [1.165, 1.54) is 12.8 Å². The van der Waals surface area contributed by atoms with Gasteiger partial charge in [0.2, 0.25) is 0 Å². The van der Waals surface area contributed by atoms with Crippen LogP contribution in [-0.2, 0) is 22.9 Å². The fourth-order valence-electron chi connectivity index (χ4n) is 1.64. The smallest absolute Gasteiger partial charge is 0.164 e. The highest BCUT2D eigenvalue weighted by Gasteiger charge is 2.20. The van der Waals surface area contributed by atoms with Crippen molar-refractivity contribution >= 4 is 9.84 Å². The highest BCUT2D eigenvalue weighted by Crippen LogP contribution is 2.18. The van der Waals surface area contributed by atoms with Crippen LogP contribution >= 0.6 is 0 Å². The van der Waals surface area contributed by atoms with Crippen LogP contribution in [0, 0.1) is 0 Å². The SMILES string of the molecule is CCS(=O)(=O)CCCn1cnc(CNC2CC2)n1. The first-order valence-electron chi connectivity index (χ1n) is 6.41. The highest BCUT2D eigenvalue weighted by atomic mass is 32.2. The number of nitrogens with one attached hydrogen (secondary N) is 1. The third kappa shape index (κ3) is 4.38. The van der Waals surface area contributed by atoms with Crippen molar-refractivity contribution in [3.63, 3.8) is 0 Å². The monoisotopic (exact) mass is 272 g/mol. The Labute approximate surface area is 108 Å². The summed E-state index contributed by atoms with van der Waals surface area (Å²) < 4.78 is 24.4. The molecule has 0 amide bonds. The molecule has 102 valence electrons. The molecule has 1 aliphatic rings. The van der Waals surface area contributed by atoms with Crippen molar-refractivity contribution < 1.29 is 8.42 Å². The van der Waals surface area contributed by atoms with Crippen LogP contribution < -0.4 is 5.32 Å². The van der Waals surface area contributed by atoms with Crippen LogP contribution in [0.15, 0.2) is 6.33 Å². The first-order chi connectivity index (χ1) is 8.59. The maximum absolute atomic E-state index is 11.3. The highest BCUT2D eigenvalue weighted by molar-refractivity contribution is 7.91. The van der Waals surface area contributed by atoms with Crippen molar-refractivity contribution in [2.45, 2.75) is 45.3 Å². The lowest BCUT2D eigenvalue weighted by atomic mass is 10.5. The summed E-state index contributed by atoms with van der Waals surface area (Å²) >= 11 is 0. The molecule has 0 atom stereocenters. The molecular weight excluding hydrogens is 252 g/mol. The Kier molecular flexibility index (Phi) is 4.34. The van der Waals surface area contributed by atoms with E-state index in [1.807, 2.05) is 0 Å². The van der Waals surface area contributed by atoms with Gasteiger partial charge in [0.1, 0.15) is 16.2 Å². The summed E-state index contributed by atoms with van der Waals surface area (Å²) in [5, 5.41) is 7.65. The zero-order valence-corrected chi connectivity index (χ0v) is 11.5. The quantitative estimate of drug-likeness (QED) is 0.739. The molecular formula is C11H20N4O2S. The van der Waals surface area contributed by atoms with Crippen LogP contribution in [0.3, 0.4) is 0 Å². The predicted molar refractivity (Wildman–Crippen MR) is 68.8 cm³/mol.